The number of rotatable bonds is 7. The van der Waals surface area contributed by atoms with E-state index in [1.54, 1.807) is 0 Å². The van der Waals surface area contributed by atoms with Crippen molar-refractivity contribution in [3.63, 3.8) is 0 Å². The van der Waals surface area contributed by atoms with Crippen LogP contribution in [0.1, 0.15) is 18.4 Å². The molecule has 1 aliphatic rings. The van der Waals surface area contributed by atoms with Gasteiger partial charge in [0.2, 0.25) is 5.91 Å². The van der Waals surface area contributed by atoms with Crippen LogP contribution in [0.15, 0.2) is 24.3 Å². The zero-order valence-electron chi connectivity index (χ0n) is 13.1. The Morgan fingerprint density at radius 3 is 2.58 bits per heavy atom. The molecule has 1 heterocycles. The number of nitrogens with one attached hydrogen (secondary N) is 1. The largest absolute Gasteiger partial charge is 0.401 e. The summed E-state index contributed by atoms with van der Waals surface area (Å²) in [6, 6.07) is 5.17. The van der Waals surface area contributed by atoms with Crippen molar-refractivity contribution in [3.8, 4) is 0 Å². The highest BCUT2D eigenvalue weighted by Gasteiger charge is 2.31. The molecule has 0 aromatic heterocycles. The van der Waals surface area contributed by atoms with Gasteiger partial charge >= 0.3 is 6.18 Å². The number of nitrogens with zero attached hydrogens (tertiary/aromatic N) is 1. The number of alkyl halides is 3. The van der Waals surface area contributed by atoms with Crippen molar-refractivity contribution in [1.29, 1.82) is 0 Å². The molecule has 1 aromatic rings. The first kappa shape index (κ1) is 18.7. The maximum Gasteiger partial charge on any atom is 0.401 e. The first-order valence-corrected chi connectivity index (χ1v) is 7.74. The summed E-state index contributed by atoms with van der Waals surface area (Å²) < 4.78 is 56.3. The van der Waals surface area contributed by atoms with Crippen molar-refractivity contribution in [2.75, 3.05) is 26.2 Å². The van der Waals surface area contributed by atoms with Crippen molar-refractivity contribution in [3.05, 3.63) is 35.6 Å². The third-order valence-electron chi connectivity index (χ3n) is 3.64. The molecule has 2 rings (SSSR count). The van der Waals surface area contributed by atoms with E-state index in [1.807, 2.05) is 0 Å². The van der Waals surface area contributed by atoms with E-state index in [0.29, 0.717) is 18.7 Å². The quantitative estimate of drug-likeness (QED) is 0.770. The van der Waals surface area contributed by atoms with Gasteiger partial charge in [-0.2, -0.15) is 13.2 Å². The topological polar surface area (TPSA) is 41.6 Å². The number of amides is 1. The molecule has 1 N–H and O–H groups in total. The molecule has 1 amide bonds. The van der Waals surface area contributed by atoms with Gasteiger partial charge in [-0.3, -0.25) is 9.69 Å². The number of carbonyl (C=O) groups is 1. The van der Waals surface area contributed by atoms with Gasteiger partial charge in [0, 0.05) is 19.7 Å². The van der Waals surface area contributed by atoms with E-state index in [2.05, 4.69) is 5.32 Å². The van der Waals surface area contributed by atoms with Gasteiger partial charge in [-0.15, -0.1) is 0 Å². The Kier molecular flexibility index (Phi) is 6.56. The van der Waals surface area contributed by atoms with Crippen molar-refractivity contribution in [1.82, 2.24) is 10.2 Å². The van der Waals surface area contributed by atoms with Gasteiger partial charge in [-0.05, 0) is 30.5 Å². The summed E-state index contributed by atoms with van der Waals surface area (Å²) in [5.41, 5.74) is 0.507. The first-order valence-electron chi connectivity index (χ1n) is 7.74. The summed E-state index contributed by atoms with van der Waals surface area (Å²) in [7, 11) is 0. The fraction of sp³-hybridized carbons (Fsp3) is 0.562. The van der Waals surface area contributed by atoms with E-state index in [4.69, 9.17) is 4.74 Å². The van der Waals surface area contributed by atoms with E-state index < -0.39 is 24.4 Å². The SMILES string of the molecule is O=C(CN(Cc1ccc(F)cc1)CC(F)(F)F)NC[C@@H]1CCCO1. The Bertz CT molecular complexity index is 528. The van der Waals surface area contributed by atoms with Crippen LogP contribution in [0.25, 0.3) is 0 Å². The molecule has 1 saturated heterocycles. The highest BCUT2D eigenvalue weighted by atomic mass is 19.4. The fourth-order valence-corrected chi connectivity index (χ4v) is 2.56. The lowest BCUT2D eigenvalue weighted by atomic mass is 10.2. The molecule has 0 bridgehead atoms. The standard InChI is InChI=1S/C16H20F4N2O2/c17-13-5-3-12(4-6-13)9-22(11-16(18,19)20)10-15(23)21-8-14-2-1-7-24-14/h3-6,14H,1-2,7-11H2,(H,21,23)/t14-/m0/s1. The Morgan fingerprint density at radius 2 is 2.00 bits per heavy atom. The minimum atomic E-state index is -4.42. The van der Waals surface area contributed by atoms with E-state index in [-0.39, 0.29) is 19.2 Å². The van der Waals surface area contributed by atoms with Crippen LogP contribution < -0.4 is 5.32 Å². The average molecular weight is 348 g/mol. The molecule has 24 heavy (non-hydrogen) atoms. The van der Waals surface area contributed by atoms with Crippen LogP contribution in [0.2, 0.25) is 0 Å². The van der Waals surface area contributed by atoms with Crippen LogP contribution in [-0.2, 0) is 16.1 Å². The summed E-state index contributed by atoms with van der Waals surface area (Å²) in [6.07, 6.45) is -2.73. The molecule has 1 aliphatic heterocycles. The van der Waals surface area contributed by atoms with Gasteiger partial charge in [0.05, 0.1) is 19.2 Å². The highest BCUT2D eigenvalue weighted by molar-refractivity contribution is 5.78. The molecule has 8 heteroatoms. The summed E-state index contributed by atoms with van der Waals surface area (Å²) in [4.78, 5) is 12.9. The zero-order chi connectivity index (χ0) is 17.6. The normalized spacial score (nSPS) is 18.1. The lowest BCUT2D eigenvalue weighted by Gasteiger charge is -2.23. The molecule has 0 radical (unpaired) electrons. The molecule has 0 saturated carbocycles. The van der Waals surface area contributed by atoms with Gasteiger partial charge in [0.25, 0.3) is 0 Å². The number of hydrogen-bond acceptors (Lipinski definition) is 3. The highest BCUT2D eigenvalue weighted by Crippen LogP contribution is 2.18. The van der Waals surface area contributed by atoms with Gasteiger partial charge in [-0.1, -0.05) is 12.1 Å². The van der Waals surface area contributed by atoms with Gasteiger partial charge in [0.15, 0.2) is 0 Å². The van der Waals surface area contributed by atoms with E-state index in [1.165, 1.54) is 24.3 Å². The molecule has 1 fully saturated rings. The number of carbonyl (C=O) groups excluding carboxylic acids is 1. The molecular formula is C16H20F4N2O2. The molecule has 4 nitrogen and oxygen atoms in total. The van der Waals surface area contributed by atoms with Crippen LogP contribution in [0.4, 0.5) is 17.6 Å². The molecule has 0 unspecified atom stereocenters. The second-order valence-corrected chi connectivity index (χ2v) is 5.83. The number of benzene rings is 1. The monoisotopic (exact) mass is 348 g/mol. The first-order chi connectivity index (χ1) is 11.3. The van der Waals surface area contributed by atoms with E-state index in [9.17, 15) is 22.4 Å². The second kappa shape index (κ2) is 8.43. The Balaban J connectivity index is 1.89. The van der Waals surface area contributed by atoms with Crippen LogP contribution in [-0.4, -0.2) is 49.3 Å². The summed E-state index contributed by atoms with van der Waals surface area (Å²) >= 11 is 0. The lowest BCUT2D eigenvalue weighted by Crippen LogP contribution is -2.43. The number of ether oxygens (including phenoxy) is 1. The van der Waals surface area contributed by atoms with Crippen LogP contribution in [0, 0.1) is 5.82 Å². The summed E-state index contributed by atoms with van der Waals surface area (Å²) in [5, 5.41) is 2.60. The minimum absolute atomic E-state index is 0.0675. The number of halogens is 4. The van der Waals surface area contributed by atoms with E-state index in [0.717, 1.165) is 17.7 Å². The molecule has 134 valence electrons. The van der Waals surface area contributed by atoms with Crippen molar-refractivity contribution < 1.29 is 27.1 Å². The molecular weight excluding hydrogens is 328 g/mol. The van der Waals surface area contributed by atoms with E-state index >= 15 is 0 Å². The Hall–Kier alpha value is -1.67. The average Bonchev–Trinajstić information content (AvgIpc) is 2.99. The van der Waals surface area contributed by atoms with Gasteiger partial charge in [-0.25, -0.2) is 4.39 Å². The van der Waals surface area contributed by atoms with Crippen molar-refractivity contribution >= 4 is 5.91 Å². The maximum atomic E-state index is 12.9. The van der Waals surface area contributed by atoms with Crippen molar-refractivity contribution in [2.45, 2.75) is 31.7 Å². The number of hydrogen-bond donors (Lipinski definition) is 1. The summed E-state index contributed by atoms with van der Waals surface area (Å²) in [6.45, 7) is -0.741. The lowest BCUT2D eigenvalue weighted by molar-refractivity contribution is -0.150. The molecule has 0 spiro atoms. The van der Waals surface area contributed by atoms with Crippen LogP contribution >= 0.6 is 0 Å². The second-order valence-electron chi connectivity index (χ2n) is 5.83. The summed E-state index contributed by atoms with van der Waals surface area (Å²) in [5.74, 6) is -0.952. The van der Waals surface area contributed by atoms with Crippen molar-refractivity contribution in [2.24, 2.45) is 0 Å². The Morgan fingerprint density at radius 1 is 1.29 bits per heavy atom. The van der Waals surface area contributed by atoms with Crippen LogP contribution in [0.3, 0.4) is 0 Å². The molecule has 1 aromatic carbocycles. The predicted octanol–water partition coefficient (Wildman–Crippen LogP) is 2.49. The molecule has 0 aliphatic carbocycles. The van der Waals surface area contributed by atoms with Gasteiger partial charge < -0.3 is 10.1 Å². The predicted molar refractivity (Wildman–Crippen MR) is 79.7 cm³/mol. The Labute approximate surface area is 137 Å². The van der Waals surface area contributed by atoms with Gasteiger partial charge in [0.1, 0.15) is 5.82 Å². The van der Waals surface area contributed by atoms with Crippen LogP contribution in [0.5, 0.6) is 0 Å². The zero-order valence-corrected chi connectivity index (χ0v) is 13.1. The third kappa shape index (κ3) is 6.84. The third-order valence-corrected chi connectivity index (χ3v) is 3.64. The smallest absolute Gasteiger partial charge is 0.376 e. The maximum absolute atomic E-state index is 12.9. The fourth-order valence-electron chi connectivity index (χ4n) is 2.56. The molecule has 1 atom stereocenters. The minimum Gasteiger partial charge on any atom is -0.376 e.